The highest BCUT2D eigenvalue weighted by Crippen LogP contribution is 2.18. The minimum Gasteiger partial charge on any atom is -0.312 e. The summed E-state index contributed by atoms with van der Waals surface area (Å²) in [7, 11) is 0. The number of aryl methyl sites for hydroxylation is 1. The van der Waals surface area contributed by atoms with Crippen LogP contribution in [0.25, 0.3) is 0 Å². The zero-order chi connectivity index (χ0) is 13.8. The Balaban J connectivity index is 1.93. The molecule has 0 unspecified atom stereocenters. The lowest BCUT2D eigenvalue weighted by molar-refractivity contribution is 0.608. The Bertz CT molecular complexity index is 581. The Morgan fingerprint density at radius 2 is 2.25 bits per heavy atom. The van der Waals surface area contributed by atoms with Crippen LogP contribution >= 0.6 is 0 Å². The molecule has 0 saturated heterocycles. The third-order valence-corrected chi connectivity index (χ3v) is 3.64. The van der Waals surface area contributed by atoms with Crippen molar-refractivity contribution in [3.05, 3.63) is 52.9 Å². The van der Waals surface area contributed by atoms with Crippen molar-refractivity contribution in [2.24, 2.45) is 0 Å². The van der Waals surface area contributed by atoms with Crippen molar-refractivity contribution in [2.75, 3.05) is 6.54 Å². The molecule has 0 radical (unpaired) electrons. The lowest BCUT2D eigenvalue weighted by atomic mass is 10.0. The molecule has 0 fully saturated rings. The molecule has 0 spiro atoms. The maximum Gasteiger partial charge on any atom is 0.133 e. The van der Waals surface area contributed by atoms with E-state index in [9.17, 15) is 0 Å². The largest absolute Gasteiger partial charge is 0.312 e. The molecule has 1 N–H and O–H groups in total. The fourth-order valence-electron chi connectivity index (χ4n) is 2.68. The molecule has 1 aliphatic rings. The zero-order valence-electron chi connectivity index (χ0n) is 11.9. The molecule has 0 atom stereocenters. The maximum absolute atomic E-state index is 4.79. The summed E-state index contributed by atoms with van der Waals surface area (Å²) in [5.74, 6) is 0.933. The van der Waals surface area contributed by atoms with Crippen molar-refractivity contribution >= 4 is 0 Å². The second-order valence-electron chi connectivity index (χ2n) is 5.23. The van der Waals surface area contributed by atoms with E-state index in [1.807, 2.05) is 12.3 Å². The van der Waals surface area contributed by atoms with Crippen LogP contribution in [0, 0.1) is 0 Å². The standard InChI is InChI=1S/C16H20N4/c1-2-4-14-13-11-18-8-6-15(13)20-16(19-14)9-12-5-3-7-17-10-12/h3,5,7,10,18H,2,4,6,8-9,11H2,1H3. The average Bonchev–Trinajstić information content (AvgIpc) is 2.49. The molecule has 3 heterocycles. The van der Waals surface area contributed by atoms with E-state index in [2.05, 4.69) is 23.3 Å². The molecule has 1 aliphatic heterocycles. The van der Waals surface area contributed by atoms with Gasteiger partial charge in [-0.25, -0.2) is 9.97 Å². The second-order valence-corrected chi connectivity index (χ2v) is 5.23. The molecule has 0 saturated carbocycles. The fourth-order valence-corrected chi connectivity index (χ4v) is 2.68. The zero-order valence-corrected chi connectivity index (χ0v) is 11.9. The Hall–Kier alpha value is -1.81. The Morgan fingerprint density at radius 1 is 1.30 bits per heavy atom. The molecule has 2 aromatic rings. The van der Waals surface area contributed by atoms with Gasteiger partial charge in [-0.2, -0.15) is 0 Å². The van der Waals surface area contributed by atoms with Gasteiger partial charge in [-0.15, -0.1) is 0 Å². The van der Waals surface area contributed by atoms with E-state index in [1.165, 1.54) is 22.5 Å². The molecule has 0 bridgehead atoms. The average molecular weight is 268 g/mol. The van der Waals surface area contributed by atoms with Crippen LogP contribution in [-0.4, -0.2) is 21.5 Å². The van der Waals surface area contributed by atoms with Crippen LogP contribution in [0.15, 0.2) is 24.5 Å². The first-order chi connectivity index (χ1) is 9.86. The third-order valence-electron chi connectivity index (χ3n) is 3.64. The van der Waals surface area contributed by atoms with Crippen LogP contribution in [0.3, 0.4) is 0 Å². The smallest absolute Gasteiger partial charge is 0.133 e. The first kappa shape index (κ1) is 13.2. The lowest BCUT2D eigenvalue weighted by Crippen LogP contribution is -2.27. The molecule has 3 rings (SSSR count). The highest BCUT2D eigenvalue weighted by Gasteiger charge is 2.17. The van der Waals surface area contributed by atoms with E-state index in [-0.39, 0.29) is 0 Å². The van der Waals surface area contributed by atoms with Crippen LogP contribution in [0.1, 0.15) is 41.7 Å². The van der Waals surface area contributed by atoms with Crippen molar-refractivity contribution in [2.45, 2.75) is 39.2 Å². The van der Waals surface area contributed by atoms with Crippen molar-refractivity contribution < 1.29 is 0 Å². The highest BCUT2D eigenvalue weighted by atomic mass is 14.9. The SMILES string of the molecule is CCCc1nc(Cc2cccnc2)nc2c1CNCC2. The van der Waals surface area contributed by atoms with E-state index in [1.54, 1.807) is 6.20 Å². The Labute approximate surface area is 119 Å². The van der Waals surface area contributed by atoms with Crippen molar-refractivity contribution in [3.63, 3.8) is 0 Å². The number of nitrogens with zero attached hydrogens (tertiary/aromatic N) is 3. The summed E-state index contributed by atoms with van der Waals surface area (Å²) in [6, 6.07) is 4.04. The van der Waals surface area contributed by atoms with Gasteiger partial charge in [0.15, 0.2) is 0 Å². The molecule has 4 nitrogen and oxygen atoms in total. The number of hydrogen-bond acceptors (Lipinski definition) is 4. The van der Waals surface area contributed by atoms with Gasteiger partial charge >= 0.3 is 0 Å². The van der Waals surface area contributed by atoms with Crippen LogP contribution < -0.4 is 5.32 Å². The number of nitrogens with one attached hydrogen (secondary N) is 1. The predicted molar refractivity (Wildman–Crippen MR) is 78.5 cm³/mol. The molecule has 0 aliphatic carbocycles. The molecule has 20 heavy (non-hydrogen) atoms. The summed E-state index contributed by atoms with van der Waals surface area (Å²) < 4.78 is 0. The van der Waals surface area contributed by atoms with Crippen LogP contribution in [0.4, 0.5) is 0 Å². The summed E-state index contributed by atoms with van der Waals surface area (Å²) in [4.78, 5) is 13.7. The monoisotopic (exact) mass is 268 g/mol. The van der Waals surface area contributed by atoms with Gasteiger partial charge in [-0.05, 0) is 18.1 Å². The van der Waals surface area contributed by atoms with Crippen LogP contribution in [0.5, 0.6) is 0 Å². The third kappa shape index (κ3) is 2.85. The molecular formula is C16H20N4. The lowest BCUT2D eigenvalue weighted by Gasteiger charge is -2.20. The van der Waals surface area contributed by atoms with E-state index < -0.39 is 0 Å². The minimum atomic E-state index is 0.769. The van der Waals surface area contributed by atoms with Crippen molar-refractivity contribution in [1.82, 2.24) is 20.3 Å². The summed E-state index contributed by atoms with van der Waals surface area (Å²) in [5.41, 5.74) is 4.96. The Kier molecular flexibility index (Phi) is 4.02. The van der Waals surface area contributed by atoms with Gasteiger partial charge in [-0.1, -0.05) is 19.4 Å². The predicted octanol–water partition coefficient (Wildman–Crippen LogP) is 2.06. The summed E-state index contributed by atoms with van der Waals surface area (Å²) in [6.45, 7) is 4.13. The highest BCUT2D eigenvalue weighted by molar-refractivity contribution is 5.29. The topological polar surface area (TPSA) is 50.7 Å². The van der Waals surface area contributed by atoms with Gasteiger partial charge in [0, 0.05) is 49.6 Å². The van der Waals surface area contributed by atoms with Crippen LogP contribution in [-0.2, 0) is 25.8 Å². The fraction of sp³-hybridized carbons (Fsp3) is 0.438. The van der Waals surface area contributed by atoms with Gasteiger partial charge in [0.25, 0.3) is 0 Å². The molecule has 0 aromatic carbocycles. The number of pyridine rings is 1. The number of hydrogen-bond donors (Lipinski definition) is 1. The first-order valence-corrected chi connectivity index (χ1v) is 7.34. The van der Waals surface area contributed by atoms with Gasteiger partial charge in [0.1, 0.15) is 5.82 Å². The van der Waals surface area contributed by atoms with E-state index >= 15 is 0 Å². The molecule has 4 heteroatoms. The van der Waals surface area contributed by atoms with E-state index in [4.69, 9.17) is 9.97 Å². The summed E-state index contributed by atoms with van der Waals surface area (Å²) >= 11 is 0. The maximum atomic E-state index is 4.79. The van der Waals surface area contributed by atoms with Crippen LogP contribution in [0.2, 0.25) is 0 Å². The van der Waals surface area contributed by atoms with Gasteiger partial charge in [0.05, 0.1) is 5.69 Å². The minimum absolute atomic E-state index is 0.769. The quantitative estimate of drug-likeness (QED) is 0.922. The number of fused-ring (bicyclic) bond motifs is 1. The van der Waals surface area contributed by atoms with E-state index in [0.717, 1.165) is 44.6 Å². The Morgan fingerprint density at radius 3 is 3.05 bits per heavy atom. The number of rotatable bonds is 4. The second kappa shape index (κ2) is 6.09. The molecule has 0 amide bonds. The number of aromatic nitrogens is 3. The van der Waals surface area contributed by atoms with E-state index in [0.29, 0.717) is 0 Å². The van der Waals surface area contributed by atoms with Gasteiger partial charge in [0.2, 0.25) is 0 Å². The molecule has 104 valence electrons. The first-order valence-electron chi connectivity index (χ1n) is 7.34. The summed E-state index contributed by atoms with van der Waals surface area (Å²) in [5, 5.41) is 3.42. The van der Waals surface area contributed by atoms with Crippen molar-refractivity contribution in [1.29, 1.82) is 0 Å². The van der Waals surface area contributed by atoms with Gasteiger partial charge in [-0.3, -0.25) is 4.98 Å². The summed E-state index contributed by atoms with van der Waals surface area (Å²) in [6.07, 6.45) is 7.62. The van der Waals surface area contributed by atoms with Gasteiger partial charge < -0.3 is 5.32 Å². The normalized spacial score (nSPS) is 14.1. The molecular weight excluding hydrogens is 248 g/mol. The van der Waals surface area contributed by atoms with Crippen molar-refractivity contribution in [3.8, 4) is 0 Å². The molecule has 2 aromatic heterocycles.